The maximum Gasteiger partial charge on any atom is 3.00 e. The first-order chi connectivity index (χ1) is 6.93. The summed E-state index contributed by atoms with van der Waals surface area (Å²) in [5.41, 5.74) is 0. The van der Waals surface area contributed by atoms with Gasteiger partial charge in [0.25, 0.3) is 0 Å². The van der Waals surface area contributed by atoms with E-state index in [1.807, 2.05) is 0 Å². The van der Waals surface area contributed by atoms with E-state index in [2.05, 4.69) is 0 Å². The van der Waals surface area contributed by atoms with E-state index in [1.165, 1.54) is 0 Å². The van der Waals surface area contributed by atoms with Crippen LogP contribution < -0.4 is 60.3 Å². The van der Waals surface area contributed by atoms with E-state index in [4.69, 9.17) is 60.3 Å². The molecule has 0 saturated carbocycles. The van der Waals surface area contributed by atoms with Gasteiger partial charge in [-0.1, -0.05) is 0 Å². The summed E-state index contributed by atoms with van der Waals surface area (Å²) in [7, 11) is -11.7. The van der Waals surface area contributed by atoms with Crippen molar-refractivity contribution in [2.75, 3.05) is 0 Å². The molecule has 0 heterocycles. The van der Waals surface area contributed by atoms with Crippen LogP contribution in [-0.4, -0.2) is 127 Å². The summed E-state index contributed by atoms with van der Waals surface area (Å²) in [5.74, 6) is 0. The molecule has 0 amide bonds. The van der Waals surface area contributed by atoms with Gasteiger partial charge in [-0.15, -0.1) is 0 Å². The van der Waals surface area contributed by atoms with E-state index in [0.717, 1.165) is 0 Å². The van der Waals surface area contributed by atoms with Crippen molar-refractivity contribution in [3.8, 4) is 0 Å². The average Bonchev–Trinajstić information content (AvgIpc) is 1.76. The van der Waals surface area contributed by atoms with Gasteiger partial charge in [0.15, 0.2) is 0 Å². The second kappa shape index (κ2) is 43.1. The fraction of sp³-hybridized carbons (Fsp3) is 0. The first-order valence-electron chi connectivity index (χ1n) is 2.83. The van der Waals surface area contributed by atoms with E-state index in [0.29, 0.717) is 0 Å². The summed E-state index contributed by atoms with van der Waals surface area (Å²) < 4.78 is 0. The van der Waals surface area contributed by atoms with Gasteiger partial charge in [-0.25, -0.2) is 0 Å². The molecule has 0 aromatic rings. The average molecular weight is 722 g/mol. The molecule has 0 aromatic carbocycles. The summed E-state index contributed by atoms with van der Waals surface area (Å²) in [6.07, 6.45) is 0. The van der Waals surface area contributed by atoms with Crippen LogP contribution in [0, 0.1) is 0 Å². The van der Waals surface area contributed by atoms with Crippen LogP contribution in [0.4, 0.5) is 0 Å². The fourth-order valence-corrected chi connectivity index (χ4v) is 0. The molecule has 0 N–H and O–H groups in total. The molecular weight excluding hydrogens is 722 g/mol. The zero-order chi connectivity index (χ0) is 14.3. The van der Waals surface area contributed by atoms with E-state index in [-0.39, 0.29) is 97.7 Å². The third-order valence-electron chi connectivity index (χ3n) is 0. The molecule has 0 rings (SSSR count). The van der Waals surface area contributed by atoms with Crippen LogP contribution >= 0.6 is 0 Å². The molecule has 20 heavy (non-hydrogen) atoms. The smallest absolute Gasteiger partial charge is 0.907 e. The van der Waals surface area contributed by atoms with Crippen molar-refractivity contribution in [2.45, 2.75) is 0 Å². The van der Waals surface area contributed by atoms with Gasteiger partial charge >= 0.3 is 97.7 Å². The largest absolute Gasteiger partial charge is 3.00 e. The molecular formula is B4O12Sb4. The molecule has 20 heteroatoms. The van der Waals surface area contributed by atoms with Crippen LogP contribution in [0.5, 0.6) is 0 Å². The van der Waals surface area contributed by atoms with Crippen molar-refractivity contribution in [2.24, 2.45) is 0 Å². The second-order valence-electron chi connectivity index (χ2n) is 1.15. The van der Waals surface area contributed by atoms with Crippen molar-refractivity contribution in [3.63, 3.8) is 0 Å². The Hall–Kier alpha value is 3.05. The van der Waals surface area contributed by atoms with E-state index in [1.54, 1.807) is 0 Å². The molecule has 0 saturated heterocycles. The molecule has 12 nitrogen and oxygen atoms in total. The molecule has 0 unspecified atom stereocenters. The van der Waals surface area contributed by atoms with E-state index < -0.39 is 29.3 Å². The maximum atomic E-state index is 8.42. The molecule has 104 valence electrons. The summed E-state index contributed by atoms with van der Waals surface area (Å²) in [6.45, 7) is 0. The zero-order valence-corrected chi connectivity index (χ0v) is 19.2. The normalized spacial score (nSPS) is 5.40. The van der Waals surface area contributed by atoms with Crippen LogP contribution in [0.25, 0.3) is 0 Å². The van der Waals surface area contributed by atoms with Crippen LogP contribution in [0.15, 0.2) is 0 Å². The Bertz CT molecular complexity index is 70.4. The van der Waals surface area contributed by atoms with Crippen molar-refractivity contribution < 1.29 is 60.3 Å². The van der Waals surface area contributed by atoms with Crippen molar-refractivity contribution >= 4 is 127 Å². The molecule has 8 radical (unpaired) electrons. The number of hydrogen-bond donors (Lipinski definition) is 0. The third-order valence-corrected chi connectivity index (χ3v) is 0. The molecule has 0 bridgehead atoms. The molecule has 0 aliphatic rings. The first-order valence-corrected chi connectivity index (χ1v) is 2.83. The Kier molecular flexibility index (Phi) is 107. The van der Waals surface area contributed by atoms with Crippen LogP contribution in [-0.2, 0) is 0 Å². The minimum absolute atomic E-state index is 0. The van der Waals surface area contributed by atoms with Crippen molar-refractivity contribution in [3.05, 3.63) is 0 Å². The Labute approximate surface area is 185 Å². The van der Waals surface area contributed by atoms with Gasteiger partial charge in [0.1, 0.15) is 0 Å². The molecule has 0 aromatic heterocycles. The summed E-state index contributed by atoms with van der Waals surface area (Å²) >= 11 is 0. The van der Waals surface area contributed by atoms with Gasteiger partial charge in [0.2, 0.25) is 0 Å². The molecule has 0 aliphatic carbocycles. The third kappa shape index (κ3) is 909. The quantitative estimate of drug-likeness (QED) is 0.211. The molecule has 0 aliphatic heterocycles. The van der Waals surface area contributed by atoms with Gasteiger partial charge in [-0.2, -0.15) is 0 Å². The first kappa shape index (κ1) is 49.5. The van der Waals surface area contributed by atoms with Gasteiger partial charge in [0, 0.05) is 0 Å². The molecule has 0 atom stereocenters. The van der Waals surface area contributed by atoms with Crippen LogP contribution in [0.3, 0.4) is 0 Å². The second-order valence-corrected chi connectivity index (χ2v) is 1.15. The number of hydrogen-bond acceptors (Lipinski definition) is 12. The minimum atomic E-state index is -2.92. The topological polar surface area (TPSA) is 277 Å². The Balaban J connectivity index is -0.0000000150. The Morgan fingerprint density at radius 3 is 0.250 bits per heavy atom. The number of rotatable bonds is 0. The fourth-order valence-electron chi connectivity index (χ4n) is 0. The molecule has 0 fully saturated rings. The van der Waals surface area contributed by atoms with E-state index in [9.17, 15) is 0 Å². The van der Waals surface area contributed by atoms with Gasteiger partial charge in [0.05, 0.1) is 0 Å². The summed E-state index contributed by atoms with van der Waals surface area (Å²) in [5, 5.41) is 101. The maximum absolute atomic E-state index is 8.42. The standard InChI is InChI=1S/4BO3.4Sb/c4*2-1(3)4;;;;/q4*-3;4*+3. The van der Waals surface area contributed by atoms with Crippen LogP contribution in [0.1, 0.15) is 0 Å². The summed E-state index contributed by atoms with van der Waals surface area (Å²) in [4.78, 5) is 0. The van der Waals surface area contributed by atoms with Gasteiger partial charge in [-0.3, -0.25) is 29.3 Å². The van der Waals surface area contributed by atoms with Crippen LogP contribution in [0.2, 0.25) is 0 Å². The predicted molar refractivity (Wildman–Crippen MR) is 46.0 cm³/mol. The van der Waals surface area contributed by atoms with Crippen molar-refractivity contribution in [1.82, 2.24) is 0 Å². The monoisotopic (exact) mass is 720 g/mol. The van der Waals surface area contributed by atoms with E-state index >= 15 is 0 Å². The van der Waals surface area contributed by atoms with Gasteiger partial charge in [-0.05, 0) is 0 Å². The van der Waals surface area contributed by atoms with Gasteiger partial charge < -0.3 is 60.3 Å². The Morgan fingerprint density at radius 1 is 0.250 bits per heavy atom. The molecule has 0 spiro atoms. The minimum Gasteiger partial charge on any atom is -0.907 e. The zero-order valence-electron chi connectivity index (χ0n) is 9.00. The Morgan fingerprint density at radius 2 is 0.250 bits per heavy atom. The summed E-state index contributed by atoms with van der Waals surface area (Å²) in [6, 6.07) is 0. The predicted octanol–water partition coefficient (Wildman–Crippen LogP) is -17.3. The SMILES string of the molecule is [O-]B([O-])[O-].[O-]B([O-])[O-].[O-]B([O-])[O-].[O-]B([O-])[O-].[Sb+3].[Sb+3].[Sb+3].[Sb+3]. The van der Waals surface area contributed by atoms with Crippen molar-refractivity contribution in [1.29, 1.82) is 0 Å².